The molecule has 3 nitrogen and oxygen atoms in total. The van der Waals surface area contributed by atoms with E-state index in [0.717, 1.165) is 42.5 Å². The predicted octanol–water partition coefficient (Wildman–Crippen LogP) is 4.18. The molecule has 0 aliphatic rings. The lowest BCUT2D eigenvalue weighted by molar-refractivity contribution is 0.0609. The second kappa shape index (κ2) is 10.2. The molecule has 0 aromatic heterocycles. The summed E-state index contributed by atoms with van der Waals surface area (Å²) in [5.41, 5.74) is 1.29. The Bertz CT molecular complexity index is 412. The zero-order valence-corrected chi connectivity index (χ0v) is 15.2. The maximum absolute atomic E-state index is 5.70. The van der Waals surface area contributed by atoms with E-state index in [4.69, 9.17) is 9.47 Å². The molecule has 0 fully saturated rings. The molecule has 2 atom stereocenters. The summed E-state index contributed by atoms with van der Waals surface area (Å²) in [5, 5.41) is 3.63. The Balaban J connectivity index is 2.81. The smallest absolute Gasteiger partial charge is 0.133 e. The Morgan fingerprint density at radius 1 is 1.19 bits per heavy atom. The van der Waals surface area contributed by atoms with Crippen molar-refractivity contribution in [1.82, 2.24) is 5.32 Å². The van der Waals surface area contributed by atoms with E-state index in [9.17, 15) is 0 Å². The normalized spacial score (nSPS) is 14.0. The largest absolute Gasteiger partial charge is 0.496 e. The van der Waals surface area contributed by atoms with E-state index in [-0.39, 0.29) is 6.10 Å². The highest BCUT2D eigenvalue weighted by molar-refractivity contribution is 9.10. The van der Waals surface area contributed by atoms with Gasteiger partial charge in [-0.15, -0.1) is 0 Å². The average Bonchev–Trinajstić information content (AvgIpc) is 2.49. The molecule has 4 heteroatoms. The third kappa shape index (κ3) is 5.97. The molecule has 0 saturated carbocycles. The zero-order chi connectivity index (χ0) is 15.7. The Kier molecular flexibility index (Phi) is 8.97. The third-order valence-corrected chi connectivity index (χ3v) is 4.27. The minimum atomic E-state index is 0.252. The van der Waals surface area contributed by atoms with Crippen molar-refractivity contribution in [2.75, 3.05) is 20.8 Å². The first-order valence-corrected chi connectivity index (χ1v) is 8.54. The molecule has 2 unspecified atom stereocenters. The molecule has 1 aromatic carbocycles. The van der Waals surface area contributed by atoms with Crippen LogP contribution in [-0.4, -0.2) is 32.9 Å². The van der Waals surface area contributed by atoms with Crippen LogP contribution >= 0.6 is 15.9 Å². The highest BCUT2D eigenvalue weighted by Gasteiger charge is 2.20. The lowest BCUT2D eigenvalue weighted by atomic mass is 9.98. The van der Waals surface area contributed by atoms with Crippen molar-refractivity contribution < 1.29 is 9.47 Å². The zero-order valence-electron chi connectivity index (χ0n) is 13.6. The van der Waals surface area contributed by atoms with E-state index in [1.54, 1.807) is 7.11 Å². The molecule has 0 spiro atoms. The molecule has 0 aliphatic heterocycles. The van der Waals surface area contributed by atoms with Gasteiger partial charge in [0.1, 0.15) is 5.75 Å². The third-order valence-electron chi connectivity index (χ3n) is 3.65. The Morgan fingerprint density at radius 3 is 2.48 bits per heavy atom. The van der Waals surface area contributed by atoms with Crippen LogP contribution in [-0.2, 0) is 11.2 Å². The van der Waals surface area contributed by atoms with Gasteiger partial charge in [-0.25, -0.2) is 0 Å². The van der Waals surface area contributed by atoms with Crippen LogP contribution in [0.5, 0.6) is 5.75 Å². The van der Waals surface area contributed by atoms with Gasteiger partial charge in [0.05, 0.1) is 17.7 Å². The molecular weight excluding hydrogens is 330 g/mol. The number of halogens is 1. The van der Waals surface area contributed by atoms with Crippen molar-refractivity contribution in [2.45, 2.75) is 51.7 Å². The first-order valence-electron chi connectivity index (χ1n) is 7.74. The number of benzene rings is 1. The fourth-order valence-electron chi connectivity index (χ4n) is 2.52. The Hall–Kier alpha value is -0.580. The Morgan fingerprint density at radius 2 is 1.95 bits per heavy atom. The van der Waals surface area contributed by atoms with Crippen LogP contribution < -0.4 is 10.1 Å². The molecule has 1 N–H and O–H groups in total. The summed E-state index contributed by atoms with van der Waals surface area (Å²) < 4.78 is 12.0. The van der Waals surface area contributed by atoms with Gasteiger partial charge in [-0.1, -0.05) is 26.3 Å². The molecular formula is C17H28BrNO2. The van der Waals surface area contributed by atoms with Crippen LogP contribution in [0, 0.1) is 0 Å². The number of rotatable bonds is 10. The minimum absolute atomic E-state index is 0.252. The first kappa shape index (κ1) is 18.5. The number of hydrogen-bond donors (Lipinski definition) is 1. The first-order chi connectivity index (χ1) is 10.2. The van der Waals surface area contributed by atoms with Crippen molar-refractivity contribution in [3.05, 3.63) is 28.2 Å². The minimum Gasteiger partial charge on any atom is -0.496 e. The van der Waals surface area contributed by atoms with Gasteiger partial charge in [0.15, 0.2) is 0 Å². The molecule has 0 amide bonds. The number of ether oxygens (including phenoxy) is 2. The summed E-state index contributed by atoms with van der Waals surface area (Å²) >= 11 is 3.56. The standard InChI is InChI=1S/C17H28BrNO2/c1-5-7-17(21-4)15(19-10-6-2)12-13-8-9-16(20-3)14(18)11-13/h8-9,11,15,17,19H,5-7,10,12H2,1-4H3. The van der Waals surface area contributed by atoms with Crippen LogP contribution in [0.4, 0.5) is 0 Å². The maximum Gasteiger partial charge on any atom is 0.133 e. The molecule has 0 heterocycles. The molecule has 21 heavy (non-hydrogen) atoms. The van der Waals surface area contributed by atoms with E-state index < -0.39 is 0 Å². The van der Waals surface area contributed by atoms with E-state index in [2.05, 4.69) is 47.2 Å². The average molecular weight is 358 g/mol. The Labute approximate surface area is 137 Å². The summed E-state index contributed by atoms with van der Waals surface area (Å²) in [6.07, 6.45) is 4.55. The van der Waals surface area contributed by atoms with E-state index in [0.29, 0.717) is 6.04 Å². The molecule has 0 bridgehead atoms. The van der Waals surface area contributed by atoms with Crippen LogP contribution in [0.15, 0.2) is 22.7 Å². The van der Waals surface area contributed by atoms with Gasteiger partial charge >= 0.3 is 0 Å². The lowest BCUT2D eigenvalue weighted by Gasteiger charge is -2.27. The molecule has 1 rings (SSSR count). The molecule has 0 aliphatic carbocycles. The fraction of sp³-hybridized carbons (Fsp3) is 0.647. The highest BCUT2D eigenvalue weighted by Crippen LogP contribution is 2.26. The predicted molar refractivity (Wildman–Crippen MR) is 92.2 cm³/mol. The van der Waals surface area contributed by atoms with Crippen LogP contribution in [0.3, 0.4) is 0 Å². The molecule has 0 saturated heterocycles. The van der Waals surface area contributed by atoms with Gasteiger partial charge in [-0.05, 0) is 59.4 Å². The van der Waals surface area contributed by atoms with E-state index in [1.165, 1.54) is 5.56 Å². The monoisotopic (exact) mass is 357 g/mol. The van der Waals surface area contributed by atoms with Crippen LogP contribution in [0.1, 0.15) is 38.7 Å². The topological polar surface area (TPSA) is 30.5 Å². The summed E-state index contributed by atoms with van der Waals surface area (Å²) in [6, 6.07) is 6.62. The van der Waals surface area contributed by atoms with Crippen molar-refractivity contribution in [2.24, 2.45) is 0 Å². The summed E-state index contributed by atoms with van der Waals surface area (Å²) in [7, 11) is 3.50. The fourth-order valence-corrected chi connectivity index (χ4v) is 3.11. The SMILES string of the molecule is CCCNC(Cc1ccc(OC)c(Br)c1)C(CCC)OC. The molecule has 1 aromatic rings. The number of nitrogens with one attached hydrogen (secondary N) is 1. The second-order valence-electron chi connectivity index (χ2n) is 5.30. The second-order valence-corrected chi connectivity index (χ2v) is 6.15. The van der Waals surface area contributed by atoms with Gasteiger partial charge in [0, 0.05) is 13.2 Å². The quantitative estimate of drug-likeness (QED) is 0.681. The lowest BCUT2D eigenvalue weighted by Crippen LogP contribution is -2.43. The van der Waals surface area contributed by atoms with Crippen molar-refractivity contribution in [1.29, 1.82) is 0 Å². The highest BCUT2D eigenvalue weighted by atomic mass is 79.9. The number of methoxy groups -OCH3 is 2. The number of hydrogen-bond acceptors (Lipinski definition) is 3. The van der Waals surface area contributed by atoms with Crippen molar-refractivity contribution in [3.8, 4) is 5.75 Å². The van der Waals surface area contributed by atoms with Gasteiger partial charge in [-0.2, -0.15) is 0 Å². The molecule has 120 valence electrons. The van der Waals surface area contributed by atoms with Gasteiger partial charge in [0.2, 0.25) is 0 Å². The van der Waals surface area contributed by atoms with Gasteiger partial charge in [-0.3, -0.25) is 0 Å². The van der Waals surface area contributed by atoms with Crippen LogP contribution in [0.25, 0.3) is 0 Å². The van der Waals surface area contributed by atoms with Gasteiger partial charge in [0.25, 0.3) is 0 Å². The molecule has 0 radical (unpaired) electrons. The summed E-state index contributed by atoms with van der Waals surface area (Å²) in [5.74, 6) is 0.869. The van der Waals surface area contributed by atoms with Crippen molar-refractivity contribution in [3.63, 3.8) is 0 Å². The van der Waals surface area contributed by atoms with E-state index >= 15 is 0 Å². The van der Waals surface area contributed by atoms with E-state index in [1.807, 2.05) is 13.2 Å². The van der Waals surface area contributed by atoms with Crippen LogP contribution in [0.2, 0.25) is 0 Å². The van der Waals surface area contributed by atoms with Gasteiger partial charge < -0.3 is 14.8 Å². The summed E-state index contributed by atoms with van der Waals surface area (Å²) in [6.45, 7) is 5.41. The summed E-state index contributed by atoms with van der Waals surface area (Å²) in [4.78, 5) is 0. The maximum atomic E-state index is 5.70. The van der Waals surface area contributed by atoms with Crippen molar-refractivity contribution >= 4 is 15.9 Å².